The van der Waals surface area contributed by atoms with Gasteiger partial charge >= 0.3 is 0 Å². The van der Waals surface area contributed by atoms with Gasteiger partial charge in [0.2, 0.25) is 11.8 Å². The fraction of sp³-hybridized carbons (Fsp3) is 0.333. The molecule has 0 saturated heterocycles. The van der Waals surface area contributed by atoms with Crippen LogP contribution in [-0.4, -0.2) is 44.3 Å². The van der Waals surface area contributed by atoms with Crippen LogP contribution in [0.4, 0.5) is 5.69 Å². The van der Waals surface area contributed by atoms with Gasteiger partial charge in [-0.15, -0.1) is 0 Å². The van der Waals surface area contributed by atoms with Crippen molar-refractivity contribution in [2.45, 2.75) is 58.0 Å². The van der Waals surface area contributed by atoms with E-state index < -0.39 is 28.5 Å². The van der Waals surface area contributed by atoms with Crippen molar-refractivity contribution in [2.24, 2.45) is 0 Å². The molecule has 9 heteroatoms. The molecule has 1 N–H and O–H groups in total. The zero-order valence-corrected chi connectivity index (χ0v) is 24.4. The summed E-state index contributed by atoms with van der Waals surface area (Å²) < 4.78 is 28.9. The first-order valence-electron chi connectivity index (χ1n) is 13.0. The second-order valence-electron chi connectivity index (χ2n) is 9.47. The second-order valence-corrected chi connectivity index (χ2v) is 11.8. The second kappa shape index (κ2) is 13.6. The molecule has 0 bridgehead atoms. The molecule has 0 spiro atoms. The molecule has 0 unspecified atom stereocenters. The third kappa shape index (κ3) is 7.61. The highest BCUT2D eigenvalue weighted by molar-refractivity contribution is 7.92. The summed E-state index contributed by atoms with van der Waals surface area (Å²) in [5, 5.41) is 3.30. The molecule has 0 fully saturated rings. The van der Waals surface area contributed by atoms with Crippen LogP contribution in [0.15, 0.2) is 77.7 Å². The van der Waals surface area contributed by atoms with Gasteiger partial charge in [-0.2, -0.15) is 0 Å². The van der Waals surface area contributed by atoms with Crippen molar-refractivity contribution < 1.29 is 18.0 Å². The number of benzene rings is 3. The molecule has 7 nitrogen and oxygen atoms in total. The standard InChI is InChI=1S/C30H36ClN3O4S/c1-5-18-32-30(36)28(6-2)33(20-24-12-8-7-11-23(24)4)29(35)21-34(26-13-9-10-22(3)19-26)39(37,38)27-16-14-25(31)15-17-27/h7-17,19,28H,5-6,18,20-21H2,1-4H3,(H,32,36)/t28-/m0/s1. The van der Waals surface area contributed by atoms with Gasteiger partial charge in [-0.3, -0.25) is 13.9 Å². The molecule has 0 saturated carbocycles. The van der Waals surface area contributed by atoms with Crippen molar-refractivity contribution in [1.29, 1.82) is 0 Å². The largest absolute Gasteiger partial charge is 0.354 e. The SMILES string of the molecule is CCCNC(=O)[C@H](CC)N(Cc1ccccc1C)C(=O)CN(c1cccc(C)c1)S(=O)(=O)c1ccc(Cl)cc1. The lowest BCUT2D eigenvalue weighted by atomic mass is 10.1. The van der Waals surface area contributed by atoms with Crippen molar-refractivity contribution in [1.82, 2.24) is 10.2 Å². The Labute approximate surface area is 236 Å². The van der Waals surface area contributed by atoms with Gasteiger partial charge in [0.05, 0.1) is 10.6 Å². The number of carbonyl (C=O) groups excluding carboxylic acids is 2. The first kappa shape index (κ1) is 30.2. The monoisotopic (exact) mass is 569 g/mol. The van der Waals surface area contributed by atoms with Crippen LogP contribution < -0.4 is 9.62 Å². The highest BCUT2D eigenvalue weighted by Gasteiger charge is 2.33. The van der Waals surface area contributed by atoms with Gasteiger partial charge in [-0.05, 0) is 79.8 Å². The number of carbonyl (C=O) groups is 2. The molecule has 0 aliphatic rings. The summed E-state index contributed by atoms with van der Waals surface area (Å²) in [4.78, 5) is 28.7. The van der Waals surface area contributed by atoms with Crippen LogP contribution in [0.1, 0.15) is 43.4 Å². The number of nitrogens with one attached hydrogen (secondary N) is 1. The van der Waals surface area contributed by atoms with Crippen LogP contribution in [0.3, 0.4) is 0 Å². The highest BCUT2D eigenvalue weighted by Crippen LogP contribution is 2.26. The van der Waals surface area contributed by atoms with Crippen molar-refractivity contribution in [2.75, 3.05) is 17.4 Å². The number of nitrogens with zero attached hydrogens (tertiary/aromatic N) is 2. The van der Waals surface area contributed by atoms with Gasteiger partial charge in [-0.1, -0.05) is 61.8 Å². The Balaban J connectivity index is 2.06. The summed E-state index contributed by atoms with van der Waals surface area (Å²) in [7, 11) is -4.14. The Kier molecular flexibility index (Phi) is 10.5. The van der Waals surface area contributed by atoms with E-state index in [1.54, 1.807) is 18.2 Å². The highest BCUT2D eigenvalue weighted by atomic mass is 35.5. The minimum absolute atomic E-state index is 0.0133. The third-order valence-corrected chi connectivity index (χ3v) is 8.55. The molecule has 1 atom stereocenters. The quantitative estimate of drug-likeness (QED) is 0.313. The number of sulfonamides is 1. The zero-order valence-electron chi connectivity index (χ0n) is 22.9. The van der Waals surface area contributed by atoms with E-state index in [4.69, 9.17) is 11.6 Å². The summed E-state index contributed by atoms with van der Waals surface area (Å²) in [5.74, 6) is -0.736. The first-order chi connectivity index (χ1) is 18.6. The maximum Gasteiger partial charge on any atom is 0.264 e. The van der Waals surface area contributed by atoms with Gasteiger partial charge in [0.25, 0.3) is 10.0 Å². The Hall–Kier alpha value is -3.36. The summed E-state index contributed by atoms with van der Waals surface area (Å²) in [6.45, 7) is 7.79. The Morgan fingerprint density at radius 2 is 1.64 bits per heavy atom. The Bertz CT molecular complexity index is 1390. The topological polar surface area (TPSA) is 86.8 Å². The van der Waals surface area contributed by atoms with Crippen LogP contribution in [0, 0.1) is 13.8 Å². The van der Waals surface area contributed by atoms with Crippen molar-refractivity contribution in [3.8, 4) is 0 Å². The lowest BCUT2D eigenvalue weighted by Crippen LogP contribution is -2.52. The van der Waals surface area contributed by atoms with E-state index in [2.05, 4.69) is 5.32 Å². The fourth-order valence-corrected chi connectivity index (χ4v) is 5.83. The third-order valence-electron chi connectivity index (χ3n) is 6.51. The minimum Gasteiger partial charge on any atom is -0.354 e. The Morgan fingerprint density at radius 1 is 0.949 bits per heavy atom. The molecular formula is C30H36ClN3O4S. The molecule has 3 aromatic rings. The predicted octanol–water partition coefficient (Wildman–Crippen LogP) is 5.49. The van der Waals surface area contributed by atoms with Crippen LogP contribution in [-0.2, 0) is 26.2 Å². The van der Waals surface area contributed by atoms with E-state index in [-0.39, 0.29) is 17.3 Å². The van der Waals surface area contributed by atoms with E-state index in [9.17, 15) is 18.0 Å². The lowest BCUT2D eigenvalue weighted by molar-refractivity contribution is -0.140. The predicted molar refractivity (Wildman–Crippen MR) is 156 cm³/mol. The summed E-state index contributed by atoms with van der Waals surface area (Å²) in [5.41, 5.74) is 3.06. The van der Waals surface area contributed by atoms with Gasteiger partial charge in [-0.25, -0.2) is 8.42 Å². The number of hydrogen-bond acceptors (Lipinski definition) is 4. The number of rotatable bonds is 12. The summed E-state index contributed by atoms with van der Waals surface area (Å²) >= 11 is 6.00. The van der Waals surface area contributed by atoms with Gasteiger partial charge in [0.1, 0.15) is 12.6 Å². The van der Waals surface area contributed by atoms with Crippen molar-refractivity contribution in [3.05, 3.63) is 94.5 Å². The van der Waals surface area contributed by atoms with Gasteiger partial charge in [0.15, 0.2) is 0 Å². The molecule has 2 amide bonds. The average Bonchev–Trinajstić information content (AvgIpc) is 2.91. The van der Waals surface area contributed by atoms with E-state index in [1.165, 1.54) is 29.2 Å². The fourth-order valence-electron chi connectivity index (χ4n) is 4.30. The number of amides is 2. The maximum absolute atomic E-state index is 14.1. The molecule has 39 heavy (non-hydrogen) atoms. The number of aryl methyl sites for hydroxylation is 2. The number of anilines is 1. The summed E-state index contributed by atoms with van der Waals surface area (Å²) in [6, 6.07) is 19.7. The van der Waals surface area contributed by atoms with Gasteiger partial charge in [0, 0.05) is 18.1 Å². The Morgan fingerprint density at radius 3 is 2.26 bits per heavy atom. The van der Waals surface area contributed by atoms with E-state index in [0.717, 1.165) is 27.4 Å². The zero-order chi connectivity index (χ0) is 28.6. The van der Waals surface area contributed by atoms with Crippen LogP contribution in [0.5, 0.6) is 0 Å². The molecule has 0 radical (unpaired) electrons. The molecule has 208 valence electrons. The lowest BCUT2D eigenvalue weighted by Gasteiger charge is -2.33. The maximum atomic E-state index is 14.1. The van der Waals surface area contributed by atoms with Crippen LogP contribution in [0.2, 0.25) is 5.02 Å². The van der Waals surface area contributed by atoms with Crippen LogP contribution in [0.25, 0.3) is 0 Å². The van der Waals surface area contributed by atoms with E-state index in [0.29, 0.717) is 23.7 Å². The molecule has 0 aliphatic carbocycles. The molecule has 0 aromatic heterocycles. The number of halogens is 1. The van der Waals surface area contributed by atoms with E-state index >= 15 is 0 Å². The van der Waals surface area contributed by atoms with E-state index in [1.807, 2.05) is 58.0 Å². The molecule has 3 rings (SSSR count). The first-order valence-corrected chi connectivity index (χ1v) is 14.9. The van der Waals surface area contributed by atoms with Crippen molar-refractivity contribution >= 4 is 39.1 Å². The smallest absolute Gasteiger partial charge is 0.264 e. The van der Waals surface area contributed by atoms with Crippen LogP contribution >= 0.6 is 11.6 Å². The van der Waals surface area contributed by atoms with Crippen molar-refractivity contribution in [3.63, 3.8) is 0 Å². The molecular weight excluding hydrogens is 534 g/mol. The normalized spacial score (nSPS) is 12.0. The average molecular weight is 570 g/mol. The number of hydrogen-bond donors (Lipinski definition) is 1. The van der Waals surface area contributed by atoms with Gasteiger partial charge < -0.3 is 10.2 Å². The molecule has 3 aromatic carbocycles. The minimum atomic E-state index is -4.14. The molecule has 0 heterocycles. The summed E-state index contributed by atoms with van der Waals surface area (Å²) in [6.07, 6.45) is 1.13. The molecule has 0 aliphatic heterocycles.